The van der Waals surface area contributed by atoms with Crippen LogP contribution in [0.25, 0.3) is 0 Å². The Morgan fingerprint density at radius 2 is 1.91 bits per heavy atom. The highest BCUT2D eigenvalue weighted by Gasteiger charge is 2.20. The molecular weight excluding hydrogens is 361 g/mol. The third kappa shape index (κ3) is 7.14. The predicted octanol–water partition coefficient (Wildman–Crippen LogP) is -6.90. The molecule has 8 heteroatoms. The minimum absolute atomic E-state index is 0. The van der Waals surface area contributed by atoms with E-state index >= 15 is 0 Å². The Hall–Kier alpha value is -0.720. The molecule has 0 bridgehead atoms. The van der Waals surface area contributed by atoms with E-state index in [1.165, 1.54) is 18.0 Å². The Bertz CT molecular complexity index is 495. The highest BCUT2D eigenvalue weighted by atomic mass is 35.5. The highest BCUT2D eigenvalue weighted by Crippen LogP contribution is 2.27. The molecule has 0 spiro atoms. The fourth-order valence-corrected chi connectivity index (χ4v) is 2.73. The van der Waals surface area contributed by atoms with Crippen molar-refractivity contribution in [3.8, 4) is 5.75 Å². The van der Waals surface area contributed by atoms with Gasteiger partial charge in [-0.15, -0.1) is 0 Å². The van der Waals surface area contributed by atoms with Crippen molar-refractivity contribution in [2.75, 3.05) is 52.2 Å². The SMILES string of the molecule is COc1ccc(Cl)cc1NC(=O)CC[NH+]1CC[NH+](C)CC1.[Cl-].[Cl-]. The maximum absolute atomic E-state index is 12.1. The normalized spacial score (nSPS) is 20.0. The lowest BCUT2D eigenvalue weighted by atomic mass is 10.2. The number of halogens is 3. The van der Waals surface area contributed by atoms with Crippen LogP contribution < -0.4 is 44.7 Å². The van der Waals surface area contributed by atoms with Gasteiger partial charge in [0, 0.05) is 5.02 Å². The van der Waals surface area contributed by atoms with E-state index in [0.717, 1.165) is 19.6 Å². The monoisotopic (exact) mass is 383 g/mol. The second kappa shape index (κ2) is 10.9. The molecule has 132 valence electrons. The lowest BCUT2D eigenvalue weighted by molar-refractivity contribution is -1.00. The molecule has 1 fully saturated rings. The van der Waals surface area contributed by atoms with Crippen molar-refractivity contribution in [3.05, 3.63) is 23.2 Å². The summed E-state index contributed by atoms with van der Waals surface area (Å²) < 4.78 is 5.23. The molecule has 5 nitrogen and oxygen atoms in total. The van der Waals surface area contributed by atoms with E-state index in [2.05, 4.69) is 12.4 Å². The average molecular weight is 385 g/mol. The van der Waals surface area contributed by atoms with Crippen LogP contribution in [0.5, 0.6) is 5.75 Å². The number of methoxy groups -OCH3 is 1. The molecule has 0 radical (unpaired) electrons. The number of hydrogen-bond donors (Lipinski definition) is 3. The highest BCUT2D eigenvalue weighted by molar-refractivity contribution is 6.31. The third-order valence-electron chi connectivity index (χ3n) is 3.95. The first kappa shape index (κ1) is 22.3. The first-order valence-corrected chi connectivity index (χ1v) is 7.74. The van der Waals surface area contributed by atoms with Crippen molar-refractivity contribution < 1.29 is 44.1 Å². The standard InChI is InChI=1S/C15H22ClN3O2.2ClH/c1-18-7-9-19(10-8-18)6-5-15(20)17-13-11-12(16)3-4-14(13)21-2;;/h3-4,11H,5-10H2,1-2H3,(H,17,20);2*1H. The summed E-state index contributed by atoms with van der Waals surface area (Å²) in [6, 6.07) is 5.21. The number of carbonyl (C=O) groups is 1. The lowest BCUT2D eigenvalue weighted by Crippen LogP contribution is -3.27. The number of carbonyl (C=O) groups excluding carboxylic acids is 1. The number of benzene rings is 1. The van der Waals surface area contributed by atoms with Gasteiger partial charge in [-0.3, -0.25) is 4.79 Å². The quantitative estimate of drug-likeness (QED) is 0.473. The van der Waals surface area contributed by atoms with E-state index in [1.54, 1.807) is 30.2 Å². The topological polar surface area (TPSA) is 47.2 Å². The number of ether oxygens (including phenoxy) is 1. The van der Waals surface area contributed by atoms with Crippen LogP contribution >= 0.6 is 11.6 Å². The number of anilines is 1. The molecule has 0 saturated carbocycles. The van der Waals surface area contributed by atoms with Gasteiger partial charge < -0.3 is 44.7 Å². The molecule has 0 unspecified atom stereocenters. The summed E-state index contributed by atoms with van der Waals surface area (Å²) in [6.07, 6.45) is 0.518. The second-order valence-corrected chi connectivity index (χ2v) is 6.04. The zero-order chi connectivity index (χ0) is 15.2. The van der Waals surface area contributed by atoms with E-state index in [4.69, 9.17) is 16.3 Å². The zero-order valence-electron chi connectivity index (χ0n) is 13.4. The largest absolute Gasteiger partial charge is 1.00 e. The van der Waals surface area contributed by atoms with E-state index in [9.17, 15) is 4.79 Å². The summed E-state index contributed by atoms with van der Waals surface area (Å²) in [5, 5.41) is 3.47. The van der Waals surface area contributed by atoms with Gasteiger partial charge >= 0.3 is 0 Å². The van der Waals surface area contributed by atoms with Crippen LogP contribution in [-0.4, -0.2) is 52.8 Å². The zero-order valence-corrected chi connectivity index (χ0v) is 15.7. The number of quaternary nitrogens is 2. The third-order valence-corrected chi connectivity index (χ3v) is 4.19. The van der Waals surface area contributed by atoms with Gasteiger partial charge in [0.1, 0.15) is 31.9 Å². The molecule has 1 aromatic rings. The van der Waals surface area contributed by atoms with Crippen molar-refractivity contribution in [2.24, 2.45) is 0 Å². The lowest BCUT2D eigenvalue weighted by Gasteiger charge is -2.27. The molecule has 2 rings (SSSR count). The molecule has 1 aliphatic heterocycles. The smallest absolute Gasteiger partial charge is 0.230 e. The molecule has 1 aliphatic rings. The Morgan fingerprint density at radius 1 is 1.26 bits per heavy atom. The summed E-state index contributed by atoms with van der Waals surface area (Å²) in [7, 11) is 3.80. The summed E-state index contributed by atoms with van der Waals surface area (Å²) >= 11 is 5.96. The van der Waals surface area contributed by atoms with E-state index in [1.807, 2.05) is 0 Å². The van der Waals surface area contributed by atoms with Crippen LogP contribution in [0.4, 0.5) is 5.69 Å². The van der Waals surface area contributed by atoms with Crippen molar-refractivity contribution in [3.63, 3.8) is 0 Å². The van der Waals surface area contributed by atoms with E-state index < -0.39 is 0 Å². The van der Waals surface area contributed by atoms with Crippen molar-refractivity contribution in [2.45, 2.75) is 6.42 Å². The van der Waals surface area contributed by atoms with Crippen LogP contribution in [0.3, 0.4) is 0 Å². The average Bonchev–Trinajstić information content (AvgIpc) is 2.47. The van der Waals surface area contributed by atoms with E-state index in [0.29, 0.717) is 22.9 Å². The minimum atomic E-state index is 0. The minimum Gasteiger partial charge on any atom is -1.00 e. The fraction of sp³-hybridized carbons (Fsp3) is 0.533. The van der Waals surface area contributed by atoms with Crippen LogP contribution in [0.15, 0.2) is 18.2 Å². The number of piperazine rings is 1. The molecule has 0 atom stereocenters. The summed E-state index contributed by atoms with van der Waals surface area (Å²) in [6.45, 7) is 5.51. The summed E-state index contributed by atoms with van der Waals surface area (Å²) in [5.41, 5.74) is 0.632. The number of hydrogen-bond acceptors (Lipinski definition) is 2. The number of amides is 1. The predicted molar refractivity (Wildman–Crippen MR) is 83.4 cm³/mol. The van der Waals surface area contributed by atoms with Crippen LogP contribution in [0.1, 0.15) is 6.42 Å². The molecule has 1 amide bonds. The Kier molecular flexibility index (Phi) is 10.6. The first-order valence-electron chi connectivity index (χ1n) is 7.36. The maximum Gasteiger partial charge on any atom is 0.230 e. The summed E-state index contributed by atoms with van der Waals surface area (Å²) in [5.74, 6) is 0.637. The number of rotatable bonds is 5. The fourth-order valence-electron chi connectivity index (χ4n) is 2.56. The Morgan fingerprint density at radius 3 is 2.52 bits per heavy atom. The van der Waals surface area contributed by atoms with Gasteiger partial charge in [0.2, 0.25) is 5.91 Å². The maximum atomic E-state index is 12.1. The molecule has 1 aromatic carbocycles. The van der Waals surface area contributed by atoms with E-state index in [-0.39, 0.29) is 30.7 Å². The van der Waals surface area contributed by atoms with Gasteiger partial charge in [-0.1, -0.05) is 11.6 Å². The number of nitrogens with one attached hydrogen (secondary N) is 3. The van der Waals surface area contributed by atoms with Crippen molar-refractivity contribution in [1.29, 1.82) is 0 Å². The van der Waals surface area contributed by atoms with Gasteiger partial charge in [-0.25, -0.2) is 0 Å². The molecule has 3 N–H and O–H groups in total. The van der Waals surface area contributed by atoms with Gasteiger partial charge in [-0.05, 0) is 18.2 Å². The van der Waals surface area contributed by atoms with Gasteiger partial charge in [0.05, 0.1) is 32.8 Å². The van der Waals surface area contributed by atoms with Crippen LogP contribution in [0.2, 0.25) is 5.02 Å². The molecule has 0 aromatic heterocycles. The number of likely N-dealkylation sites (N-methyl/N-ethyl adjacent to an activating group) is 1. The molecular formula is C15H24Cl3N3O2. The van der Waals surface area contributed by atoms with Crippen molar-refractivity contribution >= 4 is 23.2 Å². The van der Waals surface area contributed by atoms with Gasteiger partial charge in [0.15, 0.2) is 0 Å². The molecule has 0 aliphatic carbocycles. The summed E-state index contributed by atoms with van der Waals surface area (Å²) in [4.78, 5) is 15.2. The molecule has 1 heterocycles. The Labute approximate surface area is 155 Å². The molecule has 23 heavy (non-hydrogen) atoms. The first-order chi connectivity index (χ1) is 10.1. The van der Waals surface area contributed by atoms with Crippen LogP contribution in [0, 0.1) is 0 Å². The molecule has 1 saturated heterocycles. The van der Waals surface area contributed by atoms with Crippen molar-refractivity contribution in [1.82, 2.24) is 0 Å². The van der Waals surface area contributed by atoms with Crippen LogP contribution in [-0.2, 0) is 4.79 Å². The van der Waals surface area contributed by atoms with Gasteiger partial charge in [-0.2, -0.15) is 0 Å². The Balaban J connectivity index is 0.00000242. The second-order valence-electron chi connectivity index (χ2n) is 5.60. The van der Waals surface area contributed by atoms with Gasteiger partial charge in [0.25, 0.3) is 0 Å².